The Bertz CT molecular complexity index is 325. The number of aryl methyl sites for hydroxylation is 1. The van der Waals surface area contributed by atoms with Crippen molar-refractivity contribution >= 4 is 17.4 Å². The molecule has 1 aliphatic heterocycles. The number of hydrogen-bond acceptors (Lipinski definition) is 3. The molecule has 0 aromatic heterocycles. The molecule has 1 aliphatic rings. The lowest BCUT2D eigenvalue weighted by atomic mass is 10.2. The van der Waals surface area contributed by atoms with Crippen molar-refractivity contribution in [2.24, 2.45) is 0 Å². The quantitative estimate of drug-likeness (QED) is 0.818. The predicted molar refractivity (Wildman–Crippen MR) is 70.8 cm³/mol. The minimum absolute atomic E-state index is 0.427. The number of nitrogen functional groups attached to an aromatic ring is 1. The Labute approximate surface area is 102 Å². The van der Waals surface area contributed by atoms with Gasteiger partial charge in [-0.25, -0.2) is 0 Å². The number of thioether (sulfide) groups is 1. The summed E-state index contributed by atoms with van der Waals surface area (Å²) in [5.74, 6) is 1.17. The summed E-state index contributed by atoms with van der Waals surface area (Å²) >= 11 is 2.03. The molecule has 16 heavy (non-hydrogen) atoms. The highest BCUT2D eigenvalue weighted by molar-refractivity contribution is 7.99. The van der Waals surface area contributed by atoms with Crippen LogP contribution in [0.25, 0.3) is 0 Å². The third-order valence-corrected chi connectivity index (χ3v) is 4.50. The Hall–Kier alpha value is -0.670. The fourth-order valence-electron chi connectivity index (χ4n) is 1.94. The largest absolute Gasteiger partial charge is 0.399 e. The van der Waals surface area contributed by atoms with Gasteiger partial charge in [0.25, 0.3) is 0 Å². The molecule has 2 nitrogen and oxygen atoms in total. The second-order valence-corrected chi connectivity index (χ2v) is 5.61. The molecular formula is C13H19NOS. The van der Waals surface area contributed by atoms with Crippen LogP contribution in [0.5, 0.6) is 0 Å². The maximum absolute atomic E-state index is 5.65. The third-order valence-electron chi connectivity index (χ3n) is 3.01. The standard InChI is InChI=1S/C13H19NOS/c1-10-13(6-8-15-10)16-9-7-11-2-4-12(14)5-3-11/h2-5,10,13H,6-9,14H2,1H3. The van der Waals surface area contributed by atoms with Crippen LogP contribution in [0, 0.1) is 0 Å². The van der Waals surface area contributed by atoms with Crippen LogP contribution >= 0.6 is 11.8 Å². The fourth-order valence-corrected chi connectivity index (χ4v) is 3.21. The van der Waals surface area contributed by atoms with Gasteiger partial charge in [-0.3, -0.25) is 0 Å². The minimum atomic E-state index is 0.427. The molecule has 2 rings (SSSR count). The van der Waals surface area contributed by atoms with Crippen LogP contribution in [0.2, 0.25) is 0 Å². The smallest absolute Gasteiger partial charge is 0.0666 e. The lowest BCUT2D eigenvalue weighted by Gasteiger charge is -2.13. The van der Waals surface area contributed by atoms with Crippen molar-refractivity contribution in [1.29, 1.82) is 0 Å². The first kappa shape index (κ1) is 11.8. The first-order chi connectivity index (χ1) is 7.75. The number of ether oxygens (including phenoxy) is 1. The van der Waals surface area contributed by atoms with E-state index in [2.05, 4.69) is 19.1 Å². The highest BCUT2D eigenvalue weighted by atomic mass is 32.2. The number of rotatable bonds is 4. The van der Waals surface area contributed by atoms with Crippen LogP contribution in [0.3, 0.4) is 0 Å². The molecule has 2 atom stereocenters. The van der Waals surface area contributed by atoms with Gasteiger partial charge in [-0.1, -0.05) is 12.1 Å². The van der Waals surface area contributed by atoms with Gasteiger partial charge in [0, 0.05) is 17.5 Å². The first-order valence-electron chi connectivity index (χ1n) is 5.83. The number of anilines is 1. The van der Waals surface area contributed by atoms with Gasteiger partial charge >= 0.3 is 0 Å². The van der Waals surface area contributed by atoms with E-state index in [0.29, 0.717) is 11.4 Å². The van der Waals surface area contributed by atoms with E-state index in [1.54, 1.807) is 0 Å². The van der Waals surface area contributed by atoms with E-state index >= 15 is 0 Å². The maximum atomic E-state index is 5.65. The molecule has 0 bridgehead atoms. The normalized spacial score (nSPS) is 24.8. The highest BCUT2D eigenvalue weighted by Crippen LogP contribution is 2.26. The second kappa shape index (κ2) is 5.60. The molecule has 88 valence electrons. The molecule has 1 heterocycles. The molecule has 2 unspecified atom stereocenters. The summed E-state index contributed by atoms with van der Waals surface area (Å²) in [4.78, 5) is 0. The van der Waals surface area contributed by atoms with E-state index in [1.807, 2.05) is 23.9 Å². The van der Waals surface area contributed by atoms with Crippen molar-refractivity contribution < 1.29 is 4.74 Å². The Morgan fingerprint density at radius 3 is 2.75 bits per heavy atom. The lowest BCUT2D eigenvalue weighted by molar-refractivity contribution is 0.127. The molecule has 2 N–H and O–H groups in total. The van der Waals surface area contributed by atoms with Gasteiger partial charge in [-0.05, 0) is 43.2 Å². The van der Waals surface area contributed by atoms with E-state index in [-0.39, 0.29) is 0 Å². The molecule has 3 heteroatoms. The van der Waals surface area contributed by atoms with Crippen molar-refractivity contribution in [2.45, 2.75) is 31.1 Å². The molecule has 0 saturated carbocycles. The van der Waals surface area contributed by atoms with Crippen LogP contribution in [0.4, 0.5) is 5.69 Å². The summed E-state index contributed by atoms with van der Waals surface area (Å²) in [5, 5.41) is 0.689. The molecule has 0 spiro atoms. The SMILES string of the molecule is CC1OCCC1SCCc1ccc(N)cc1. The predicted octanol–water partition coefficient (Wildman–Crippen LogP) is 2.72. The number of nitrogens with two attached hydrogens (primary N) is 1. The molecular weight excluding hydrogens is 218 g/mol. The van der Waals surface area contributed by atoms with E-state index in [4.69, 9.17) is 10.5 Å². The van der Waals surface area contributed by atoms with Crippen LogP contribution < -0.4 is 5.73 Å². The van der Waals surface area contributed by atoms with Crippen LogP contribution in [-0.2, 0) is 11.2 Å². The molecule has 1 aromatic carbocycles. The maximum Gasteiger partial charge on any atom is 0.0666 e. The molecule has 1 saturated heterocycles. The summed E-state index contributed by atoms with van der Waals surface area (Å²) < 4.78 is 5.55. The fraction of sp³-hybridized carbons (Fsp3) is 0.538. The summed E-state index contributed by atoms with van der Waals surface area (Å²) in [6.45, 7) is 3.11. The second-order valence-electron chi connectivity index (χ2n) is 4.27. The van der Waals surface area contributed by atoms with Crippen molar-refractivity contribution in [3.63, 3.8) is 0 Å². The Morgan fingerprint density at radius 1 is 1.38 bits per heavy atom. The van der Waals surface area contributed by atoms with Crippen molar-refractivity contribution in [1.82, 2.24) is 0 Å². The van der Waals surface area contributed by atoms with E-state index in [0.717, 1.165) is 18.7 Å². The summed E-state index contributed by atoms with van der Waals surface area (Å²) in [5.41, 5.74) is 7.86. The lowest BCUT2D eigenvalue weighted by Crippen LogP contribution is -2.14. The van der Waals surface area contributed by atoms with Gasteiger partial charge < -0.3 is 10.5 Å². The van der Waals surface area contributed by atoms with Gasteiger partial charge in [0.15, 0.2) is 0 Å². The van der Waals surface area contributed by atoms with Gasteiger partial charge in [-0.15, -0.1) is 0 Å². The minimum Gasteiger partial charge on any atom is -0.399 e. The molecule has 0 radical (unpaired) electrons. The highest BCUT2D eigenvalue weighted by Gasteiger charge is 2.23. The van der Waals surface area contributed by atoms with Crippen molar-refractivity contribution in [3.05, 3.63) is 29.8 Å². The van der Waals surface area contributed by atoms with Gasteiger partial charge in [0.05, 0.1) is 6.10 Å². The van der Waals surface area contributed by atoms with Gasteiger partial charge in [0.2, 0.25) is 0 Å². The Balaban J connectivity index is 1.73. The molecule has 0 amide bonds. The van der Waals surface area contributed by atoms with Crippen molar-refractivity contribution in [3.8, 4) is 0 Å². The Morgan fingerprint density at radius 2 is 2.12 bits per heavy atom. The average Bonchev–Trinajstić information content (AvgIpc) is 2.68. The summed E-state index contributed by atoms with van der Waals surface area (Å²) in [7, 11) is 0. The number of hydrogen-bond donors (Lipinski definition) is 1. The van der Waals surface area contributed by atoms with Crippen LogP contribution in [0.1, 0.15) is 18.9 Å². The topological polar surface area (TPSA) is 35.2 Å². The Kier molecular flexibility index (Phi) is 4.13. The third kappa shape index (κ3) is 3.16. The van der Waals surface area contributed by atoms with Gasteiger partial charge in [-0.2, -0.15) is 11.8 Å². The van der Waals surface area contributed by atoms with E-state index < -0.39 is 0 Å². The zero-order chi connectivity index (χ0) is 11.4. The summed E-state index contributed by atoms with van der Waals surface area (Å²) in [6.07, 6.45) is 2.75. The molecule has 0 aliphatic carbocycles. The zero-order valence-corrected chi connectivity index (χ0v) is 10.5. The first-order valence-corrected chi connectivity index (χ1v) is 6.88. The van der Waals surface area contributed by atoms with Gasteiger partial charge in [0.1, 0.15) is 0 Å². The number of benzene rings is 1. The molecule has 1 fully saturated rings. The van der Waals surface area contributed by atoms with Crippen LogP contribution in [-0.4, -0.2) is 23.7 Å². The zero-order valence-electron chi connectivity index (χ0n) is 9.69. The van der Waals surface area contributed by atoms with Crippen molar-refractivity contribution in [2.75, 3.05) is 18.1 Å². The monoisotopic (exact) mass is 237 g/mol. The van der Waals surface area contributed by atoms with E-state index in [9.17, 15) is 0 Å². The molecule has 1 aromatic rings. The van der Waals surface area contributed by atoms with E-state index in [1.165, 1.54) is 17.7 Å². The van der Waals surface area contributed by atoms with Crippen LogP contribution in [0.15, 0.2) is 24.3 Å². The average molecular weight is 237 g/mol. The summed E-state index contributed by atoms with van der Waals surface area (Å²) in [6, 6.07) is 8.18.